The van der Waals surface area contributed by atoms with E-state index in [0.29, 0.717) is 11.9 Å². The third kappa shape index (κ3) is 4.55. The summed E-state index contributed by atoms with van der Waals surface area (Å²) in [6, 6.07) is 4.35. The van der Waals surface area contributed by atoms with E-state index in [1.807, 2.05) is 13.8 Å². The number of carbonyl (C=O) groups is 2. The molecule has 23 heavy (non-hydrogen) atoms. The van der Waals surface area contributed by atoms with Crippen LogP contribution in [0.3, 0.4) is 0 Å². The molecular formula is C17H21FN2O3. The van der Waals surface area contributed by atoms with Crippen molar-refractivity contribution in [1.29, 1.82) is 0 Å². The molecule has 0 aliphatic heterocycles. The van der Waals surface area contributed by atoms with E-state index in [2.05, 4.69) is 10.3 Å². The Bertz CT molecular complexity index is 709. The first-order valence-electron chi connectivity index (χ1n) is 7.62. The fourth-order valence-electron chi connectivity index (χ4n) is 2.62. The van der Waals surface area contributed by atoms with Gasteiger partial charge in [-0.15, -0.1) is 0 Å². The molecule has 5 nitrogen and oxygen atoms in total. The van der Waals surface area contributed by atoms with E-state index >= 15 is 0 Å². The highest BCUT2D eigenvalue weighted by molar-refractivity contribution is 5.89. The number of aromatic amines is 1. The van der Waals surface area contributed by atoms with Gasteiger partial charge < -0.3 is 15.4 Å². The Balaban J connectivity index is 1.97. The Morgan fingerprint density at radius 2 is 2.09 bits per heavy atom. The molecule has 0 aliphatic rings. The lowest BCUT2D eigenvalue weighted by Gasteiger charge is -2.15. The highest BCUT2D eigenvalue weighted by Crippen LogP contribution is 2.19. The van der Waals surface area contributed by atoms with Crippen LogP contribution < -0.4 is 5.32 Å². The second-order valence-corrected chi connectivity index (χ2v) is 6.15. The summed E-state index contributed by atoms with van der Waals surface area (Å²) in [7, 11) is 0. The van der Waals surface area contributed by atoms with Crippen molar-refractivity contribution in [2.75, 3.05) is 6.54 Å². The van der Waals surface area contributed by atoms with E-state index in [1.54, 1.807) is 12.3 Å². The monoisotopic (exact) mass is 320 g/mol. The number of H-pyrrole nitrogens is 1. The first-order chi connectivity index (χ1) is 10.9. The second kappa shape index (κ2) is 7.26. The second-order valence-electron chi connectivity index (χ2n) is 6.15. The number of benzene rings is 1. The quantitative estimate of drug-likeness (QED) is 0.733. The molecule has 6 heteroatoms. The summed E-state index contributed by atoms with van der Waals surface area (Å²) < 4.78 is 13.1. The largest absolute Gasteiger partial charge is 0.481 e. The molecule has 3 N–H and O–H groups in total. The summed E-state index contributed by atoms with van der Waals surface area (Å²) in [5.74, 6) is -1.83. The number of carbonyl (C=O) groups excluding carboxylic acids is 1. The molecule has 0 saturated heterocycles. The van der Waals surface area contributed by atoms with Gasteiger partial charge >= 0.3 is 5.97 Å². The maximum absolute atomic E-state index is 13.1. The average molecular weight is 320 g/mol. The molecule has 0 radical (unpaired) electrons. The highest BCUT2D eigenvalue weighted by Gasteiger charge is 2.20. The summed E-state index contributed by atoms with van der Waals surface area (Å²) in [6.07, 6.45) is 2.31. The van der Waals surface area contributed by atoms with E-state index < -0.39 is 11.9 Å². The minimum Gasteiger partial charge on any atom is -0.481 e. The molecule has 0 aliphatic carbocycles. The van der Waals surface area contributed by atoms with Crippen LogP contribution in [0.1, 0.15) is 25.8 Å². The van der Waals surface area contributed by atoms with Crippen LogP contribution in [0.15, 0.2) is 24.4 Å². The predicted molar refractivity (Wildman–Crippen MR) is 85.6 cm³/mol. The summed E-state index contributed by atoms with van der Waals surface area (Å²) in [4.78, 5) is 26.2. The van der Waals surface area contributed by atoms with E-state index in [4.69, 9.17) is 5.11 Å². The molecule has 124 valence electrons. The molecule has 0 bridgehead atoms. The van der Waals surface area contributed by atoms with E-state index in [9.17, 15) is 14.0 Å². The molecule has 1 aromatic heterocycles. The van der Waals surface area contributed by atoms with Gasteiger partial charge in [-0.3, -0.25) is 9.59 Å². The smallest absolute Gasteiger partial charge is 0.308 e. The number of hydrogen-bond donors (Lipinski definition) is 3. The Morgan fingerprint density at radius 3 is 2.74 bits per heavy atom. The van der Waals surface area contributed by atoms with Crippen molar-refractivity contribution in [3.8, 4) is 0 Å². The summed E-state index contributed by atoms with van der Waals surface area (Å²) >= 11 is 0. The predicted octanol–water partition coefficient (Wildman–Crippen LogP) is 2.71. The van der Waals surface area contributed by atoms with E-state index in [0.717, 1.165) is 10.9 Å². The van der Waals surface area contributed by atoms with Crippen LogP contribution in [-0.2, 0) is 16.0 Å². The zero-order chi connectivity index (χ0) is 17.0. The van der Waals surface area contributed by atoms with Crippen LogP contribution in [-0.4, -0.2) is 28.5 Å². The number of halogens is 1. The van der Waals surface area contributed by atoms with E-state index in [1.165, 1.54) is 12.1 Å². The van der Waals surface area contributed by atoms with Gasteiger partial charge in [0.05, 0.1) is 12.3 Å². The van der Waals surface area contributed by atoms with Crippen molar-refractivity contribution in [1.82, 2.24) is 10.3 Å². The van der Waals surface area contributed by atoms with Crippen molar-refractivity contribution in [2.24, 2.45) is 11.8 Å². The molecule has 0 saturated carbocycles. The van der Waals surface area contributed by atoms with Gasteiger partial charge in [0, 0.05) is 23.6 Å². The van der Waals surface area contributed by atoms with Crippen LogP contribution >= 0.6 is 0 Å². The Hall–Kier alpha value is -2.37. The van der Waals surface area contributed by atoms with Gasteiger partial charge in [-0.2, -0.15) is 0 Å². The molecule has 1 aromatic carbocycles. The molecular weight excluding hydrogens is 299 g/mol. The first kappa shape index (κ1) is 17.0. The lowest BCUT2D eigenvalue weighted by Crippen LogP contribution is -2.34. The lowest BCUT2D eigenvalue weighted by molar-refractivity contribution is -0.142. The van der Waals surface area contributed by atoms with Gasteiger partial charge in [-0.1, -0.05) is 13.8 Å². The number of rotatable bonds is 7. The van der Waals surface area contributed by atoms with Gasteiger partial charge in [0.15, 0.2) is 0 Å². The molecule has 0 spiro atoms. The zero-order valence-electron chi connectivity index (χ0n) is 13.2. The van der Waals surface area contributed by atoms with Crippen molar-refractivity contribution >= 4 is 22.8 Å². The molecule has 1 atom stereocenters. The average Bonchev–Trinajstić information content (AvgIpc) is 2.85. The molecule has 1 heterocycles. The standard InChI is InChI=1S/C17H21FN2O3/c1-10(2)5-12(17(22)23)9-20-16(21)6-11-8-19-15-7-13(18)3-4-14(11)15/h3-4,7-8,10,12,19H,5-6,9H2,1-2H3,(H,20,21)(H,22,23). The first-order valence-corrected chi connectivity index (χ1v) is 7.62. The van der Waals surface area contributed by atoms with Gasteiger partial charge in [-0.25, -0.2) is 4.39 Å². The number of carboxylic acids is 1. The SMILES string of the molecule is CC(C)CC(CNC(=O)Cc1c[nH]c2cc(F)ccc12)C(=O)O. The third-order valence-electron chi connectivity index (χ3n) is 3.73. The van der Waals surface area contributed by atoms with Crippen LogP contribution in [0.2, 0.25) is 0 Å². The number of aromatic nitrogens is 1. The molecule has 2 rings (SSSR count). The maximum Gasteiger partial charge on any atom is 0.308 e. The van der Waals surface area contributed by atoms with Crippen molar-refractivity contribution in [3.63, 3.8) is 0 Å². The number of amides is 1. The highest BCUT2D eigenvalue weighted by atomic mass is 19.1. The fraction of sp³-hybridized carbons (Fsp3) is 0.412. The number of carboxylic acid groups (broad SMARTS) is 1. The van der Waals surface area contributed by atoms with Crippen molar-refractivity contribution in [2.45, 2.75) is 26.7 Å². The molecule has 1 unspecified atom stereocenters. The number of nitrogens with one attached hydrogen (secondary N) is 2. The normalized spacial score (nSPS) is 12.5. The zero-order valence-corrected chi connectivity index (χ0v) is 13.2. The Labute approximate surface area is 133 Å². The number of fused-ring (bicyclic) bond motifs is 1. The molecule has 1 amide bonds. The lowest BCUT2D eigenvalue weighted by atomic mass is 9.97. The van der Waals surface area contributed by atoms with Crippen LogP contribution in [0.4, 0.5) is 4.39 Å². The van der Waals surface area contributed by atoms with Gasteiger partial charge in [-0.05, 0) is 36.1 Å². The Kier molecular flexibility index (Phi) is 5.36. The van der Waals surface area contributed by atoms with E-state index in [-0.39, 0.29) is 30.6 Å². The topological polar surface area (TPSA) is 82.2 Å². The fourth-order valence-corrected chi connectivity index (χ4v) is 2.62. The van der Waals surface area contributed by atoms with Crippen molar-refractivity contribution < 1.29 is 19.1 Å². The minimum absolute atomic E-state index is 0.114. The molecule has 0 fully saturated rings. The van der Waals surface area contributed by atoms with Crippen LogP contribution in [0.5, 0.6) is 0 Å². The number of aliphatic carboxylic acids is 1. The third-order valence-corrected chi connectivity index (χ3v) is 3.73. The maximum atomic E-state index is 13.1. The van der Waals surface area contributed by atoms with Gasteiger partial charge in [0.25, 0.3) is 0 Å². The Morgan fingerprint density at radius 1 is 1.35 bits per heavy atom. The van der Waals surface area contributed by atoms with Crippen LogP contribution in [0.25, 0.3) is 10.9 Å². The van der Waals surface area contributed by atoms with Crippen molar-refractivity contribution in [3.05, 3.63) is 35.8 Å². The summed E-state index contributed by atoms with van der Waals surface area (Å²) in [5.41, 5.74) is 1.39. The summed E-state index contributed by atoms with van der Waals surface area (Å²) in [5, 5.41) is 12.6. The number of hydrogen-bond acceptors (Lipinski definition) is 2. The van der Waals surface area contributed by atoms with Crippen LogP contribution in [0, 0.1) is 17.7 Å². The molecule has 2 aromatic rings. The minimum atomic E-state index is -0.901. The van der Waals surface area contributed by atoms with Gasteiger partial charge in [0.1, 0.15) is 5.82 Å². The summed E-state index contributed by atoms with van der Waals surface area (Å²) in [6.45, 7) is 4.01. The van der Waals surface area contributed by atoms with Gasteiger partial charge in [0.2, 0.25) is 5.91 Å².